The van der Waals surface area contributed by atoms with Gasteiger partial charge in [-0.1, -0.05) is 0 Å². The van der Waals surface area contributed by atoms with Gasteiger partial charge in [-0.05, 0) is 43.6 Å². The summed E-state index contributed by atoms with van der Waals surface area (Å²) in [5.74, 6) is 0. The van der Waals surface area contributed by atoms with Gasteiger partial charge in [-0.2, -0.15) is 0 Å². The van der Waals surface area contributed by atoms with Gasteiger partial charge in [-0.25, -0.2) is 0 Å². The molecule has 2 rings (SSSR count). The number of hydrogen-bond acceptors (Lipinski definition) is 3. The Labute approximate surface area is 95.4 Å². The van der Waals surface area contributed by atoms with Crippen LogP contribution in [0.3, 0.4) is 0 Å². The molecule has 0 radical (unpaired) electrons. The Morgan fingerprint density at radius 1 is 1.40 bits per heavy atom. The number of likely N-dealkylation sites (tertiary alicyclic amines) is 1. The highest BCUT2D eigenvalue weighted by Crippen LogP contribution is 2.15. The van der Waals surface area contributed by atoms with Crippen LogP contribution in [-0.2, 0) is 6.54 Å². The molecule has 1 aromatic heterocycles. The van der Waals surface area contributed by atoms with Crippen LogP contribution < -0.4 is 5.32 Å². The van der Waals surface area contributed by atoms with E-state index in [-0.39, 0.29) is 0 Å². The SMILES string of the molecule is Clc1occc1CNCCN1CCCC1. The molecule has 1 aliphatic heterocycles. The van der Waals surface area contributed by atoms with E-state index in [1.54, 1.807) is 6.26 Å². The molecule has 4 heteroatoms. The van der Waals surface area contributed by atoms with Crippen LogP contribution in [0.1, 0.15) is 18.4 Å². The Bertz CT molecular complexity index is 295. The van der Waals surface area contributed by atoms with Crippen LogP contribution in [0.15, 0.2) is 16.7 Å². The Hall–Kier alpha value is -0.510. The van der Waals surface area contributed by atoms with Crippen molar-refractivity contribution in [3.05, 3.63) is 23.1 Å². The quantitative estimate of drug-likeness (QED) is 0.783. The van der Waals surface area contributed by atoms with Crippen molar-refractivity contribution in [1.82, 2.24) is 10.2 Å². The second-order valence-corrected chi connectivity index (χ2v) is 4.29. The number of nitrogens with one attached hydrogen (secondary N) is 1. The van der Waals surface area contributed by atoms with E-state index in [1.165, 1.54) is 25.9 Å². The van der Waals surface area contributed by atoms with Gasteiger partial charge in [0.05, 0.1) is 6.26 Å². The summed E-state index contributed by atoms with van der Waals surface area (Å²) in [7, 11) is 0. The van der Waals surface area contributed by atoms with Crippen LogP contribution >= 0.6 is 11.6 Å². The summed E-state index contributed by atoms with van der Waals surface area (Å²) in [6.45, 7) is 5.46. The summed E-state index contributed by atoms with van der Waals surface area (Å²) in [6, 6.07) is 1.91. The fraction of sp³-hybridized carbons (Fsp3) is 0.636. The molecule has 84 valence electrons. The first-order valence-electron chi connectivity index (χ1n) is 5.51. The molecular weight excluding hydrogens is 212 g/mol. The zero-order chi connectivity index (χ0) is 10.5. The number of rotatable bonds is 5. The molecule has 0 bridgehead atoms. The van der Waals surface area contributed by atoms with Crippen molar-refractivity contribution in [3.8, 4) is 0 Å². The third-order valence-corrected chi connectivity index (χ3v) is 3.14. The van der Waals surface area contributed by atoms with E-state index < -0.39 is 0 Å². The third-order valence-electron chi connectivity index (χ3n) is 2.81. The molecule has 15 heavy (non-hydrogen) atoms. The van der Waals surface area contributed by atoms with Gasteiger partial charge in [0.15, 0.2) is 5.22 Å². The normalized spacial score (nSPS) is 17.4. The van der Waals surface area contributed by atoms with Crippen molar-refractivity contribution in [2.24, 2.45) is 0 Å². The van der Waals surface area contributed by atoms with E-state index in [0.717, 1.165) is 25.2 Å². The van der Waals surface area contributed by atoms with Crippen LogP contribution in [0.2, 0.25) is 5.22 Å². The van der Waals surface area contributed by atoms with Crippen molar-refractivity contribution < 1.29 is 4.42 Å². The Balaban J connectivity index is 1.60. The van der Waals surface area contributed by atoms with E-state index >= 15 is 0 Å². The van der Waals surface area contributed by atoms with Crippen molar-refractivity contribution in [3.63, 3.8) is 0 Å². The summed E-state index contributed by atoms with van der Waals surface area (Å²) in [4.78, 5) is 2.49. The van der Waals surface area contributed by atoms with E-state index in [2.05, 4.69) is 10.2 Å². The zero-order valence-electron chi connectivity index (χ0n) is 8.84. The molecule has 1 aliphatic rings. The van der Waals surface area contributed by atoms with Gasteiger partial charge < -0.3 is 14.6 Å². The minimum Gasteiger partial charge on any atom is -0.453 e. The third kappa shape index (κ3) is 3.23. The first kappa shape index (κ1) is 11.0. The molecule has 0 spiro atoms. The van der Waals surface area contributed by atoms with E-state index in [4.69, 9.17) is 16.0 Å². The summed E-state index contributed by atoms with van der Waals surface area (Å²) < 4.78 is 5.01. The molecule has 0 amide bonds. The summed E-state index contributed by atoms with van der Waals surface area (Å²) >= 11 is 5.83. The van der Waals surface area contributed by atoms with Gasteiger partial charge in [-0.15, -0.1) is 0 Å². The number of furan rings is 1. The number of nitrogens with zero attached hydrogens (tertiary/aromatic N) is 1. The van der Waals surface area contributed by atoms with E-state index in [0.29, 0.717) is 5.22 Å². The average Bonchev–Trinajstić information content (AvgIpc) is 2.85. The van der Waals surface area contributed by atoms with Crippen LogP contribution in [0, 0.1) is 0 Å². The maximum atomic E-state index is 5.83. The van der Waals surface area contributed by atoms with Crippen molar-refractivity contribution in [2.45, 2.75) is 19.4 Å². The molecule has 0 aliphatic carbocycles. The number of halogens is 1. The van der Waals surface area contributed by atoms with Gasteiger partial charge >= 0.3 is 0 Å². The molecule has 3 nitrogen and oxygen atoms in total. The van der Waals surface area contributed by atoms with Gasteiger partial charge in [0.25, 0.3) is 0 Å². The second-order valence-electron chi connectivity index (χ2n) is 3.95. The summed E-state index contributed by atoms with van der Waals surface area (Å²) in [5.41, 5.74) is 1.04. The van der Waals surface area contributed by atoms with Crippen molar-refractivity contribution in [2.75, 3.05) is 26.2 Å². The molecule has 0 aromatic carbocycles. The lowest BCUT2D eigenvalue weighted by Crippen LogP contribution is -2.29. The number of hydrogen-bond donors (Lipinski definition) is 1. The largest absolute Gasteiger partial charge is 0.453 e. The van der Waals surface area contributed by atoms with Crippen molar-refractivity contribution >= 4 is 11.6 Å². The predicted molar refractivity (Wildman–Crippen MR) is 61.1 cm³/mol. The lowest BCUT2D eigenvalue weighted by molar-refractivity contribution is 0.335. The molecule has 0 atom stereocenters. The monoisotopic (exact) mass is 228 g/mol. The molecule has 0 saturated carbocycles. The van der Waals surface area contributed by atoms with Gasteiger partial charge in [-0.3, -0.25) is 0 Å². The molecular formula is C11H17ClN2O. The van der Waals surface area contributed by atoms with Gasteiger partial charge in [0.1, 0.15) is 0 Å². The summed E-state index contributed by atoms with van der Waals surface area (Å²) in [5, 5.41) is 3.87. The lowest BCUT2D eigenvalue weighted by Gasteiger charge is -2.14. The topological polar surface area (TPSA) is 28.4 Å². The Morgan fingerprint density at radius 2 is 2.20 bits per heavy atom. The smallest absolute Gasteiger partial charge is 0.197 e. The highest BCUT2D eigenvalue weighted by molar-refractivity contribution is 6.29. The first-order valence-corrected chi connectivity index (χ1v) is 5.89. The first-order chi connectivity index (χ1) is 7.36. The average molecular weight is 229 g/mol. The standard InChI is InChI=1S/C11H17ClN2O/c12-11-10(3-8-15-11)9-13-4-7-14-5-1-2-6-14/h3,8,13H,1-2,4-7,9H2. The van der Waals surface area contributed by atoms with Crippen LogP contribution in [0.5, 0.6) is 0 Å². The van der Waals surface area contributed by atoms with Gasteiger partial charge in [0, 0.05) is 25.2 Å². The minimum atomic E-state index is 0.503. The maximum absolute atomic E-state index is 5.83. The molecule has 1 saturated heterocycles. The highest BCUT2D eigenvalue weighted by Gasteiger charge is 2.10. The Morgan fingerprint density at radius 3 is 2.87 bits per heavy atom. The fourth-order valence-electron chi connectivity index (χ4n) is 1.91. The molecule has 1 aromatic rings. The maximum Gasteiger partial charge on any atom is 0.197 e. The molecule has 2 heterocycles. The summed E-state index contributed by atoms with van der Waals surface area (Å²) in [6.07, 6.45) is 4.33. The van der Waals surface area contributed by atoms with Crippen molar-refractivity contribution in [1.29, 1.82) is 0 Å². The van der Waals surface area contributed by atoms with E-state index in [9.17, 15) is 0 Å². The molecule has 1 fully saturated rings. The minimum absolute atomic E-state index is 0.503. The van der Waals surface area contributed by atoms with Crippen LogP contribution in [0.4, 0.5) is 0 Å². The lowest BCUT2D eigenvalue weighted by atomic mass is 10.3. The van der Waals surface area contributed by atoms with E-state index in [1.807, 2.05) is 6.07 Å². The molecule has 1 N–H and O–H groups in total. The van der Waals surface area contributed by atoms with Crippen LogP contribution in [0.25, 0.3) is 0 Å². The second kappa shape index (κ2) is 5.54. The fourth-order valence-corrected chi connectivity index (χ4v) is 2.09. The predicted octanol–water partition coefficient (Wildman–Crippen LogP) is 2.12. The highest BCUT2D eigenvalue weighted by atomic mass is 35.5. The zero-order valence-corrected chi connectivity index (χ0v) is 9.59. The van der Waals surface area contributed by atoms with Crippen LogP contribution in [-0.4, -0.2) is 31.1 Å². The molecule has 0 unspecified atom stereocenters. The van der Waals surface area contributed by atoms with Gasteiger partial charge in [0.2, 0.25) is 0 Å². The Kier molecular flexibility index (Phi) is 4.06.